The molecular formula is C33H40FN3O2. The number of nitriles is 1. The van der Waals surface area contributed by atoms with Gasteiger partial charge in [0, 0.05) is 18.6 Å². The van der Waals surface area contributed by atoms with Crippen LogP contribution in [0.15, 0.2) is 78.9 Å². The van der Waals surface area contributed by atoms with Crippen LogP contribution in [0.5, 0.6) is 0 Å². The van der Waals surface area contributed by atoms with Gasteiger partial charge in [-0.3, -0.25) is 0 Å². The van der Waals surface area contributed by atoms with Gasteiger partial charge in [0.25, 0.3) is 0 Å². The number of ether oxygens (including phenoxy) is 2. The fourth-order valence-electron chi connectivity index (χ4n) is 5.27. The normalized spacial score (nSPS) is 19.9. The molecule has 0 spiro atoms. The second kappa shape index (κ2) is 13.8. The highest BCUT2D eigenvalue weighted by Crippen LogP contribution is 2.34. The molecule has 0 aliphatic carbocycles. The molecule has 1 aliphatic heterocycles. The van der Waals surface area contributed by atoms with Crippen molar-refractivity contribution in [2.24, 2.45) is 0 Å². The molecule has 0 bridgehead atoms. The molecule has 1 heterocycles. The van der Waals surface area contributed by atoms with Crippen LogP contribution in [0.25, 0.3) is 0 Å². The first-order chi connectivity index (χ1) is 18.9. The molecule has 2 N–H and O–H groups in total. The van der Waals surface area contributed by atoms with Gasteiger partial charge in [-0.05, 0) is 68.5 Å². The summed E-state index contributed by atoms with van der Waals surface area (Å²) in [7, 11) is 0. The van der Waals surface area contributed by atoms with Crippen LogP contribution in [0.1, 0.15) is 55.9 Å². The van der Waals surface area contributed by atoms with Gasteiger partial charge < -0.3 is 20.1 Å². The number of benzene rings is 3. The average Bonchev–Trinajstić information content (AvgIpc) is 3.27. The number of rotatable bonds is 13. The Morgan fingerprint density at radius 1 is 0.846 bits per heavy atom. The maximum absolute atomic E-state index is 13.9. The number of hydrogen-bond acceptors (Lipinski definition) is 5. The predicted molar refractivity (Wildman–Crippen MR) is 153 cm³/mol. The highest BCUT2D eigenvalue weighted by atomic mass is 19.1. The maximum Gasteiger partial charge on any atom is 0.163 e. The lowest BCUT2D eigenvalue weighted by molar-refractivity contribution is -0.150. The van der Waals surface area contributed by atoms with Gasteiger partial charge in [0.2, 0.25) is 0 Å². The van der Waals surface area contributed by atoms with Gasteiger partial charge >= 0.3 is 0 Å². The van der Waals surface area contributed by atoms with Crippen LogP contribution in [0.4, 0.5) is 4.39 Å². The first-order valence-electron chi connectivity index (χ1n) is 14.0. The molecule has 0 saturated carbocycles. The second-order valence-corrected chi connectivity index (χ2v) is 10.8. The molecule has 6 heteroatoms. The summed E-state index contributed by atoms with van der Waals surface area (Å²) in [5.74, 6) is -1.24. The Morgan fingerprint density at radius 3 is 1.95 bits per heavy atom. The fraction of sp³-hybridized carbons (Fsp3) is 0.424. The zero-order chi connectivity index (χ0) is 27.7. The van der Waals surface area contributed by atoms with Gasteiger partial charge in [-0.1, -0.05) is 80.1 Å². The van der Waals surface area contributed by atoms with Gasteiger partial charge in [-0.2, -0.15) is 5.26 Å². The molecule has 206 valence electrons. The van der Waals surface area contributed by atoms with Crippen LogP contribution < -0.4 is 10.6 Å². The summed E-state index contributed by atoms with van der Waals surface area (Å²) < 4.78 is 27.2. The van der Waals surface area contributed by atoms with Crippen molar-refractivity contribution in [2.75, 3.05) is 6.54 Å². The molecule has 0 amide bonds. The molecule has 3 aromatic rings. The van der Waals surface area contributed by atoms with Crippen LogP contribution in [-0.4, -0.2) is 36.6 Å². The molecule has 4 atom stereocenters. The van der Waals surface area contributed by atoms with E-state index < -0.39 is 11.6 Å². The lowest BCUT2D eigenvalue weighted by Gasteiger charge is -2.33. The van der Waals surface area contributed by atoms with Crippen molar-refractivity contribution >= 4 is 0 Å². The standard InChI is InChI=1S/C33H40FN3O2/c1-4-5-18-36-29(20-24-12-8-6-9-13-24)31-32(39-33(2,3)38-31)30(21-25-14-10-7-11-15-25)37-23-26-16-17-28(34)27(19-26)22-35/h6-17,19,29-32,36-37H,4-5,18,20-21,23H2,1-3H3/t29-,30-,31?,32?/m1/s1. The Labute approximate surface area is 232 Å². The molecule has 3 aromatic carbocycles. The Morgan fingerprint density at radius 2 is 1.41 bits per heavy atom. The molecule has 1 fully saturated rings. The number of halogens is 1. The molecule has 39 heavy (non-hydrogen) atoms. The lowest BCUT2D eigenvalue weighted by Crippen LogP contribution is -2.54. The number of nitrogens with zero attached hydrogens (tertiary/aromatic N) is 1. The average molecular weight is 530 g/mol. The smallest absolute Gasteiger partial charge is 0.163 e. The predicted octanol–water partition coefficient (Wildman–Crippen LogP) is 5.92. The third-order valence-electron chi connectivity index (χ3n) is 7.21. The SMILES string of the molecule is CCCCN[C@H](Cc1ccccc1)C1OC(C)(C)OC1[C@@H](Cc1ccccc1)NCc1ccc(F)c(C#N)c1. The molecule has 1 aliphatic rings. The largest absolute Gasteiger partial charge is 0.343 e. The molecule has 5 nitrogen and oxygen atoms in total. The quantitative estimate of drug-likeness (QED) is 0.269. The molecule has 0 radical (unpaired) electrons. The minimum atomic E-state index is -0.739. The highest BCUT2D eigenvalue weighted by molar-refractivity contribution is 5.34. The maximum atomic E-state index is 13.9. The van der Waals surface area contributed by atoms with E-state index in [2.05, 4.69) is 54.0 Å². The first-order valence-corrected chi connectivity index (χ1v) is 14.0. The molecule has 0 aromatic heterocycles. The van der Waals surface area contributed by atoms with Crippen molar-refractivity contribution in [1.82, 2.24) is 10.6 Å². The summed E-state index contributed by atoms with van der Waals surface area (Å²) in [6.07, 6.45) is 3.33. The minimum absolute atomic E-state index is 0.0522. The number of nitrogens with one attached hydrogen (secondary N) is 2. The van der Waals surface area contributed by atoms with E-state index >= 15 is 0 Å². The van der Waals surface area contributed by atoms with Gasteiger partial charge in [-0.25, -0.2) is 4.39 Å². The Kier molecular flexibility index (Phi) is 10.2. The van der Waals surface area contributed by atoms with Crippen LogP contribution >= 0.6 is 0 Å². The van der Waals surface area contributed by atoms with E-state index in [1.807, 2.05) is 44.2 Å². The third kappa shape index (κ3) is 8.20. The van der Waals surface area contributed by atoms with Crippen molar-refractivity contribution in [3.8, 4) is 6.07 Å². The zero-order valence-electron chi connectivity index (χ0n) is 23.2. The van der Waals surface area contributed by atoms with Crippen molar-refractivity contribution < 1.29 is 13.9 Å². The summed E-state index contributed by atoms with van der Waals surface area (Å²) >= 11 is 0. The molecule has 2 unspecified atom stereocenters. The van der Waals surface area contributed by atoms with E-state index in [9.17, 15) is 9.65 Å². The van der Waals surface area contributed by atoms with Crippen molar-refractivity contribution in [1.29, 1.82) is 5.26 Å². The van der Waals surface area contributed by atoms with E-state index in [0.717, 1.165) is 37.8 Å². The third-order valence-corrected chi connectivity index (χ3v) is 7.21. The van der Waals surface area contributed by atoms with E-state index in [1.54, 1.807) is 12.1 Å². The second-order valence-electron chi connectivity index (χ2n) is 10.8. The van der Waals surface area contributed by atoms with Gasteiger partial charge in [0.15, 0.2) is 5.79 Å². The Hall–Kier alpha value is -3.08. The summed E-state index contributed by atoms with van der Waals surface area (Å²) in [5, 5.41) is 16.8. The fourth-order valence-corrected chi connectivity index (χ4v) is 5.27. The lowest BCUT2D eigenvalue weighted by atomic mass is 9.91. The van der Waals surface area contributed by atoms with Gasteiger partial charge in [0.05, 0.1) is 5.56 Å². The van der Waals surface area contributed by atoms with E-state index in [1.165, 1.54) is 17.2 Å². The zero-order valence-corrected chi connectivity index (χ0v) is 23.2. The number of hydrogen-bond donors (Lipinski definition) is 2. The minimum Gasteiger partial charge on any atom is -0.343 e. The van der Waals surface area contributed by atoms with E-state index in [0.29, 0.717) is 6.54 Å². The monoisotopic (exact) mass is 529 g/mol. The summed E-state index contributed by atoms with van der Waals surface area (Å²) in [6, 6.07) is 27.5. The van der Waals surface area contributed by atoms with Crippen molar-refractivity contribution in [3.05, 3.63) is 107 Å². The van der Waals surface area contributed by atoms with Crippen LogP contribution in [0, 0.1) is 17.1 Å². The summed E-state index contributed by atoms with van der Waals surface area (Å²) in [6.45, 7) is 7.53. The van der Waals surface area contributed by atoms with Crippen LogP contribution in [0.2, 0.25) is 0 Å². The molecule has 4 rings (SSSR count). The Balaban J connectivity index is 1.62. The summed E-state index contributed by atoms with van der Waals surface area (Å²) in [5.41, 5.74) is 3.35. The first kappa shape index (κ1) is 28.9. The van der Waals surface area contributed by atoms with Gasteiger partial charge in [0.1, 0.15) is 24.1 Å². The molecular weight excluding hydrogens is 489 g/mol. The Bertz CT molecular complexity index is 1210. The van der Waals surface area contributed by atoms with Gasteiger partial charge in [-0.15, -0.1) is 0 Å². The van der Waals surface area contributed by atoms with E-state index in [4.69, 9.17) is 9.47 Å². The van der Waals surface area contributed by atoms with Crippen molar-refractivity contribution in [3.63, 3.8) is 0 Å². The van der Waals surface area contributed by atoms with Crippen molar-refractivity contribution in [2.45, 2.75) is 83.1 Å². The van der Waals surface area contributed by atoms with E-state index in [-0.39, 0.29) is 29.9 Å². The van der Waals surface area contributed by atoms with Crippen LogP contribution in [-0.2, 0) is 28.9 Å². The number of unbranched alkanes of at least 4 members (excludes halogenated alkanes) is 1. The summed E-state index contributed by atoms with van der Waals surface area (Å²) in [4.78, 5) is 0. The molecule has 1 saturated heterocycles. The highest BCUT2D eigenvalue weighted by Gasteiger charge is 2.48. The van der Waals surface area contributed by atoms with Crippen LogP contribution in [0.3, 0.4) is 0 Å². The topological polar surface area (TPSA) is 66.3 Å².